The summed E-state index contributed by atoms with van der Waals surface area (Å²) >= 11 is 0. The Kier molecular flexibility index (Phi) is 6.40. The number of para-hydroxylation sites is 1. The van der Waals surface area contributed by atoms with Crippen molar-refractivity contribution in [1.29, 1.82) is 5.26 Å². The van der Waals surface area contributed by atoms with Crippen LogP contribution in [0.2, 0.25) is 0 Å². The molecular formula is C20H26N4O2. The maximum Gasteiger partial charge on any atom is 0.267 e. The van der Waals surface area contributed by atoms with E-state index in [1.807, 2.05) is 36.1 Å². The van der Waals surface area contributed by atoms with Gasteiger partial charge in [0.1, 0.15) is 11.6 Å². The minimum atomic E-state index is -0.405. The van der Waals surface area contributed by atoms with Crippen LogP contribution in [0.4, 0.5) is 5.69 Å². The summed E-state index contributed by atoms with van der Waals surface area (Å²) in [5.41, 5.74) is 2.86. The lowest BCUT2D eigenvalue weighted by molar-refractivity contribution is -0.130. The third-order valence-corrected chi connectivity index (χ3v) is 4.60. The number of nitriles is 1. The third kappa shape index (κ3) is 4.63. The Labute approximate surface area is 155 Å². The molecule has 1 N–H and O–H groups in total. The van der Waals surface area contributed by atoms with Crippen molar-refractivity contribution >= 4 is 17.5 Å². The molecule has 0 unspecified atom stereocenters. The molecule has 1 aromatic rings. The second-order valence-electron chi connectivity index (χ2n) is 6.84. The number of carbonyl (C=O) groups is 2. The van der Waals surface area contributed by atoms with Gasteiger partial charge in [0, 0.05) is 45.0 Å². The third-order valence-electron chi connectivity index (χ3n) is 4.60. The first-order valence-electron chi connectivity index (χ1n) is 8.85. The summed E-state index contributed by atoms with van der Waals surface area (Å²) in [5.74, 6) is -0.0929. The molecule has 0 bridgehead atoms. The van der Waals surface area contributed by atoms with Crippen LogP contribution in [0.15, 0.2) is 30.0 Å². The summed E-state index contributed by atoms with van der Waals surface area (Å²) in [7, 11) is 0. The Morgan fingerprint density at radius 3 is 2.42 bits per heavy atom. The van der Waals surface area contributed by atoms with E-state index < -0.39 is 5.91 Å². The maximum atomic E-state index is 12.6. The van der Waals surface area contributed by atoms with E-state index in [4.69, 9.17) is 0 Å². The molecule has 0 radical (unpaired) electrons. The zero-order valence-corrected chi connectivity index (χ0v) is 15.9. The van der Waals surface area contributed by atoms with Crippen LogP contribution in [0, 0.1) is 18.3 Å². The van der Waals surface area contributed by atoms with Gasteiger partial charge in [-0.2, -0.15) is 5.26 Å². The summed E-state index contributed by atoms with van der Waals surface area (Å²) in [6.07, 6.45) is 1.60. The van der Waals surface area contributed by atoms with Gasteiger partial charge in [-0.05, 0) is 24.0 Å². The summed E-state index contributed by atoms with van der Waals surface area (Å²) < 4.78 is 0. The van der Waals surface area contributed by atoms with E-state index in [0.29, 0.717) is 26.2 Å². The monoisotopic (exact) mass is 354 g/mol. The molecule has 138 valence electrons. The Hall–Kier alpha value is -2.81. The summed E-state index contributed by atoms with van der Waals surface area (Å²) in [6, 6.07) is 7.90. The van der Waals surface area contributed by atoms with E-state index >= 15 is 0 Å². The van der Waals surface area contributed by atoms with E-state index in [2.05, 4.69) is 19.2 Å². The van der Waals surface area contributed by atoms with E-state index in [0.717, 1.165) is 16.8 Å². The van der Waals surface area contributed by atoms with Crippen molar-refractivity contribution in [3.8, 4) is 6.07 Å². The zero-order valence-electron chi connectivity index (χ0n) is 15.9. The second-order valence-corrected chi connectivity index (χ2v) is 6.84. The van der Waals surface area contributed by atoms with Gasteiger partial charge >= 0.3 is 0 Å². The highest BCUT2D eigenvalue weighted by Gasteiger charge is 2.19. The van der Waals surface area contributed by atoms with Crippen molar-refractivity contribution in [2.75, 3.05) is 31.5 Å². The van der Waals surface area contributed by atoms with E-state index in [1.54, 1.807) is 18.0 Å². The van der Waals surface area contributed by atoms with E-state index in [9.17, 15) is 14.9 Å². The molecule has 26 heavy (non-hydrogen) atoms. The fourth-order valence-corrected chi connectivity index (χ4v) is 3.01. The van der Waals surface area contributed by atoms with Crippen LogP contribution >= 0.6 is 0 Å². The number of hydrogen-bond donors (Lipinski definition) is 1. The van der Waals surface area contributed by atoms with E-state index in [1.165, 1.54) is 0 Å². The first-order chi connectivity index (χ1) is 12.3. The molecule has 1 saturated heterocycles. The molecule has 1 aromatic carbocycles. The predicted molar refractivity (Wildman–Crippen MR) is 101 cm³/mol. The van der Waals surface area contributed by atoms with Crippen molar-refractivity contribution < 1.29 is 9.59 Å². The Bertz CT molecular complexity index is 754. The molecular weight excluding hydrogens is 328 g/mol. The average molecular weight is 354 g/mol. The first-order valence-corrected chi connectivity index (χ1v) is 8.85. The van der Waals surface area contributed by atoms with Crippen LogP contribution in [0.5, 0.6) is 0 Å². The number of piperazine rings is 1. The number of hydrogen-bond acceptors (Lipinski definition) is 4. The van der Waals surface area contributed by atoms with Crippen molar-refractivity contribution in [1.82, 2.24) is 9.80 Å². The number of carbonyl (C=O) groups excluding carboxylic acids is 2. The lowest BCUT2D eigenvalue weighted by atomic mass is 9.98. The van der Waals surface area contributed by atoms with Gasteiger partial charge in [0.25, 0.3) is 5.91 Å². The van der Waals surface area contributed by atoms with Gasteiger partial charge in [0.2, 0.25) is 5.91 Å². The molecule has 6 nitrogen and oxygen atoms in total. The van der Waals surface area contributed by atoms with Crippen molar-refractivity contribution in [2.24, 2.45) is 0 Å². The highest BCUT2D eigenvalue weighted by Crippen LogP contribution is 2.27. The minimum absolute atomic E-state index is 0.0487. The van der Waals surface area contributed by atoms with Crippen LogP contribution in [-0.2, 0) is 9.59 Å². The number of nitrogens with zero attached hydrogens (tertiary/aromatic N) is 3. The minimum Gasteiger partial charge on any atom is -0.373 e. The van der Waals surface area contributed by atoms with Crippen LogP contribution in [0.3, 0.4) is 0 Å². The SMILES string of the molecule is CC(=O)N1CCN(/C=C(/C#N)C(=O)Nc2c(C)cccc2C(C)C)CC1. The summed E-state index contributed by atoms with van der Waals surface area (Å²) in [6.45, 7) is 10.1. The van der Waals surface area contributed by atoms with Gasteiger partial charge in [-0.25, -0.2) is 0 Å². The lowest BCUT2D eigenvalue weighted by Crippen LogP contribution is -2.46. The normalized spacial score (nSPS) is 15.0. The molecule has 1 aliphatic rings. The second kappa shape index (κ2) is 8.52. The van der Waals surface area contributed by atoms with Gasteiger partial charge in [0.05, 0.1) is 0 Å². The van der Waals surface area contributed by atoms with Crippen LogP contribution in [0.25, 0.3) is 0 Å². The van der Waals surface area contributed by atoms with Crippen LogP contribution in [-0.4, -0.2) is 47.8 Å². The van der Waals surface area contributed by atoms with Crippen molar-refractivity contribution in [2.45, 2.75) is 33.6 Å². The van der Waals surface area contributed by atoms with Crippen LogP contribution < -0.4 is 5.32 Å². The number of nitrogens with one attached hydrogen (secondary N) is 1. The number of anilines is 1. The molecule has 1 fully saturated rings. The number of benzene rings is 1. The fraction of sp³-hybridized carbons (Fsp3) is 0.450. The smallest absolute Gasteiger partial charge is 0.267 e. The Morgan fingerprint density at radius 2 is 1.88 bits per heavy atom. The van der Waals surface area contributed by atoms with Gasteiger partial charge < -0.3 is 15.1 Å². The highest BCUT2D eigenvalue weighted by molar-refractivity contribution is 6.07. The Balaban J connectivity index is 2.13. The Morgan fingerprint density at radius 1 is 1.23 bits per heavy atom. The van der Waals surface area contributed by atoms with Gasteiger partial charge in [0.15, 0.2) is 0 Å². The van der Waals surface area contributed by atoms with Gasteiger partial charge in [-0.15, -0.1) is 0 Å². The molecule has 2 amide bonds. The summed E-state index contributed by atoms with van der Waals surface area (Å²) in [5, 5.41) is 12.3. The van der Waals surface area contributed by atoms with E-state index in [-0.39, 0.29) is 17.4 Å². The quantitative estimate of drug-likeness (QED) is 0.666. The molecule has 6 heteroatoms. The van der Waals surface area contributed by atoms with Gasteiger partial charge in [-0.3, -0.25) is 9.59 Å². The molecule has 0 atom stereocenters. The number of aryl methyl sites for hydroxylation is 1. The first kappa shape index (κ1) is 19.5. The molecule has 2 rings (SSSR count). The number of amides is 2. The van der Waals surface area contributed by atoms with Crippen LogP contribution in [0.1, 0.15) is 37.8 Å². The molecule has 1 heterocycles. The van der Waals surface area contributed by atoms with Gasteiger partial charge in [-0.1, -0.05) is 32.0 Å². The fourth-order valence-electron chi connectivity index (χ4n) is 3.01. The number of rotatable bonds is 4. The topological polar surface area (TPSA) is 76.4 Å². The largest absolute Gasteiger partial charge is 0.373 e. The molecule has 0 aliphatic carbocycles. The van der Waals surface area contributed by atoms with Crippen molar-refractivity contribution in [3.05, 3.63) is 41.1 Å². The summed E-state index contributed by atoms with van der Waals surface area (Å²) in [4.78, 5) is 27.7. The highest BCUT2D eigenvalue weighted by atomic mass is 16.2. The zero-order chi connectivity index (χ0) is 19.3. The lowest BCUT2D eigenvalue weighted by Gasteiger charge is -2.33. The van der Waals surface area contributed by atoms with Crippen molar-refractivity contribution in [3.63, 3.8) is 0 Å². The molecule has 0 saturated carbocycles. The molecule has 0 aromatic heterocycles. The standard InChI is InChI=1S/C20H26N4O2/c1-14(2)18-7-5-6-15(3)19(18)22-20(26)17(12-21)13-23-8-10-24(11-9-23)16(4)25/h5-7,13-14H,8-11H2,1-4H3,(H,22,26)/b17-13-. The molecule has 1 aliphatic heterocycles. The maximum absolute atomic E-state index is 12.6. The molecule has 0 spiro atoms. The average Bonchev–Trinajstić information content (AvgIpc) is 2.61. The predicted octanol–water partition coefficient (Wildman–Crippen LogP) is 2.63.